The zero-order valence-corrected chi connectivity index (χ0v) is 13.1. The van der Waals surface area contributed by atoms with Gasteiger partial charge in [-0.3, -0.25) is 4.79 Å². The average Bonchev–Trinajstić information content (AvgIpc) is 2.50. The van der Waals surface area contributed by atoms with Crippen molar-refractivity contribution < 1.29 is 14.3 Å². The largest absolute Gasteiger partial charge is 0.486 e. The number of nitrogens with two attached hydrogens (primary N) is 1. The van der Waals surface area contributed by atoms with E-state index in [0.717, 1.165) is 17.9 Å². The molecule has 21 heavy (non-hydrogen) atoms. The molecule has 1 amide bonds. The van der Waals surface area contributed by atoms with Gasteiger partial charge < -0.3 is 20.1 Å². The van der Waals surface area contributed by atoms with Gasteiger partial charge in [0, 0.05) is 13.0 Å². The van der Waals surface area contributed by atoms with Gasteiger partial charge in [-0.25, -0.2) is 0 Å². The van der Waals surface area contributed by atoms with Crippen LogP contribution in [0.2, 0.25) is 0 Å². The third-order valence-electron chi connectivity index (χ3n) is 3.32. The van der Waals surface area contributed by atoms with E-state index in [9.17, 15) is 4.79 Å². The molecule has 0 saturated carbocycles. The Balaban J connectivity index is 0.00000220. The van der Waals surface area contributed by atoms with Gasteiger partial charge >= 0.3 is 0 Å². The Kier molecular flexibility index (Phi) is 7.32. The second-order valence-electron chi connectivity index (χ2n) is 4.82. The molecular formula is C15H23ClN2O3. The van der Waals surface area contributed by atoms with E-state index >= 15 is 0 Å². The monoisotopic (exact) mass is 314 g/mol. The molecule has 1 heterocycles. The summed E-state index contributed by atoms with van der Waals surface area (Å²) in [6, 6.07) is 7.59. The lowest BCUT2D eigenvalue weighted by molar-refractivity contribution is -0.132. The molecule has 5 nitrogen and oxygen atoms in total. The van der Waals surface area contributed by atoms with Gasteiger partial charge in [-0.05, 0) is 32.0 Å². The molecule has 0 bridgehead atoms. The molecule has 1 unspecified atom stereocenters. The summed E-state index contributed by atoms with van der Waals surface area (Å²) in [6.07, 6.45) is 1.10. The summed E-state index contributed by atoms with van der Waals surface area (Å²) < 4.78 is 11.5. The van der Waals surface area contributed by atoms with Crippen LogP contribution in [0.1, 0.15) is 19.8 Å². The number of para-hydroxylation sites is 2. The molecule has 0 saturated heterocycles. The summed E-state index contributed by atoms with van der Waals surface area (Å²) in [6.45, 7) is 4.20. The first kappa shape index (κ1) is 17.6. The molecule has 0 spiro atoms. The van der Waals surface area contributed by atoms with Gasteiger partial charge in [-0.2, -0.15) is 0 Å². The van der Waals surface area contributed by atoms with Crippen molar-refractivity contribution in [3.8, 4) is 11.5 Å². The van der Waals surface area contributed by atoms with Crippen molar-refractivity contribution in [3.63, 3.8) is 0 Å². The highest BCUT2D eigenvalue weighted by Crippen LogP contribution is 2.31. The fraction of sp³-hybridized carbons (Fsp3) is 0.533. The maximum atomic E-state index is 12.0. The maximum Gasteiger partial charge on any atom is 0.222 e. The molecule has 118 valence electrons. The fourth-order valence-corrected chi connectivity index (χ4v) is 2.22. The highest BCUT2D eigenvalue weighted by atomic mass is 35.5. The van der Waals surface area contributed by atoms with Gasteiger partial charge in [-0.1, -0.05) is 12.1 Å². The number of halogens is 1. The lowest BCUT2D eigenvalue weighted by Crippen LogP contribution is -2.43. The predicted octanol–water partition coefficient (Wildman–Crippen LogP) is 1.84. The topological polar surface area (TPSA) is 64.8 Å². The maximum absolute atomic E-state index is 12.0. The number of nitrogens with zero attached hydrogens (tertiary/aromatic N) is 1. The van der Waals surface area contributed by atoms with Crippen LogP contribution < -0.4 is 15.2 Å². The number of rotatable bonds is 6. The summed E-state index contributed by atoms with van der Waals surface area (Å²) in [5.74, 6) is 1.64. The fourth-order valence-electron chi connectivity index (χ4n) is 2.22. The van der Waals surface area contributed by atoms with E-state index in [1.807, 2.05) is 31.2 Å². The summed E-state index contributed by atoms with van der Waals surface area (Å²) in [5, 5.41) is 0. The van der Waals surface area contributed by atoms with Crippen LogP contribution in [0.15, 0.2) is 24.3 Å². The first-order valence-electron chi connectivity index (χ1n) is 7.11. The Morgan fingerprint density at radius 3 is 2.76 bits per heavy atom. The minimum absolute atomic E-state index is 0. The smallest absolute Gasteiger partial charge is 0.222 e. The van der Waals surface area contributed by atoms with Crippen molar-refractivity contribution >= 4 is 18.3 Å². The van der Waals surface area contributed by atoms with E-state index in [2.05, 4.69) is 0 Å². The number of carbonyl (C=O) groups is 1. The third kappa shape index (κ3) is 4.79. The van der Waals surface area contributed by atoms with Gasteiger partial charge in [0.05, 0.1) is 6.54 Å². The second kappa shape index (κ2) is 8.74. The molecule has 0 aromatic heterocycles. The van der Waals surface area contributed by atoms with Gasteiger partial charge in [0.2, 0.25) is 5.91 Å². The molecule has 0 fully saturated rings. The molecular weight excluding hydrogens is 292 g/mol. The molecule has 6 heteroatoms. The lowest BCUT2D eigenvalue weighted by atomic mass is 10.2. The van der Waals surface area contributed by atoms with Crippen LogP contribution in [0, 0.1) is 0 Å². The lowest BCUT2D eigenvalue weighted by Gasteiger charge is -2.31. The van der Waals surface area contributed by atoms with E-state index < -0.39 is 0 Å². The van der Waals surface area contributed by atoms with Crippen molar-refractivity contribution in [3.05, 3.63) is 24.3 Å². The molecule has 0 aliphatic carbocycles. The van der Waals surface area contributed by atoms with E-state index in [4.69, 9.17) is 15.2 Å². The Bertz CT molecular complexity index is 456. The highest BCUT2D eigenvalue weighted by molar-refractivity contribution is 5.85. The number of ether oxygens (including phenoxy) is 2. The number of benzene rings is 1. The van der Waals surface area contributed by atoms with Gasteiger partial charge in [0.25, 0.3) is 0 Å². The highest BCUT2D eigenvalue weighted by Gasteiger charge is 2.24. The molecule has 1 aromatic carbocycles. The predicted molar refractivity (Wildman–Crippen MR) is 84.1 cm³/mol. The van der Waals surface area contributed by atoms with Crippen LogP contribution in [0.5, 0.6) is 11.5 Å². The SMILES string of the molecule is CCN(CC1COc2ccccc2O1)C(=O)CCCN.Cl. The van der Waals surface area contributed by atoms with Crippen LogP contribution in [0.3, 0.4) is 0 Å². The summed E-state index contributed by atoms with van der Waals surface area (Å²) >= 11 is 0. The Morgan fingerprint density at radius 2 is 2.10 bits per heavy atom. The average molecular weight is 315 g/mol. The van der Waals surface area contributed by atoms with Gasteiger partial charge in [-0.15, -0.1) is 12.4 Å². The minimum Gasteiger partial charge on any atom is -0.486 e. The second-order valence-corrected chi connectivity index (χ2v) is 4.82. The Hall–Kier alpha value is -1.46. The summed E-state index contributed by atoms with van der Waals surface area (Å²) in [5.41, 5.74) is 5.44. The molecule has 1 aromatic rings. The van der Waals surface area contributed by atoms with Gasteiger partial charge in [0.15, 0.2) is 17.6 Å². The number of hydrogen-bond donors (Lipinski definition) is 1. The zero-order chi connectivity index (χ0) is 14.4. The minimum atomic E-state index is -0.119. The molecule has 1 aliphatic heterocycles. The number of amides is 1. The summed E-state index contributed by atoms with van der Waals surface area (Å²) in [7, 11) is 0. The quantitative estimate of drug-likeness (QED) is 0.870. The van der Waals surface area contributed by atoms with Crippen molar-refractivity contribution in [2.75, 3.05) is 26.2 Å². The van der Waals surface area contributed by atoms with Crippen molar-refractivity contribution in [2.24, 2.45) is 5.73 Å². The van der Waals surface area contributed by atoms with Crippen molar-refractivity contribution in [1.29, 1.82) is 0 Å². The van der Waals surface area contributed by atoms with Crippen LogP contribution in [0.25, 0.3) is 0 Å². The Morgan fingerprint density at radius 1 is 1.38 bits per heavy atom. The van der Waals surface area contributed by atoms with Crippen LogP contribution in [0.4, 0.5) is 0 Å². The van der Waals surface area contributed by atoms with E-state index in [1.54, 1.807) is 4.90 Å². The summed E-state index contributed by atoms with van der Waals surface area (Å²) in [4.78, 5) is 13.8. The van der Waals surface area contributed by atoms with Crippen molar-refractivity contribution in [1.82, 2.24) is 4.90 Å². The number of likely N-dealkylation sites (N-methyl/N-ethyl adjacent to an activating group) is 1. The third-order valence-corrected chi connectivity index (χ3v) is 3.32. The number of hydrogen-bond acceptors (Lipinski definition) is 4. The zero-order valence-electron chi connectivity index (χ0n) is 12.3. The first-order chi connectivity index (χ1) is 9.74. The van der Waals surface area contributed by atoms with Crippen LogP contribution in [-0.2, 0) is 4.79 Å². The molecule has 1 aliphatic rings. The Labute approximate surface area is 131 Å². The number of carbonyl (C=O) groups excluding carboxylic acids is 1. The first-order valence-corrected chi connectivity index (χ1v) is 7.11. The van der Waals surface area contributed by atoms with E-state index in [-0.39, 0.29) is 24.4 Å². The molecule has 2 rings (SSSR count). The van der Waals surface area contributed by atoms with Gasteiger partial charge in [0.1, 0.15) is 6.61 Å². The van der Waals surface area contributed by atoms with E-state index in [1.165, 1.54) is 0 Å². The molecule has 1 atom stereocenters. The number of fused-ring (bicyclic) bond motifs is 1. The standard InChI is InChI=1S/C15H22N2O3.ClH/c1-2-17(15(18)8-5-9-16)10-12-11-19-13-6-3-4-7-14(13)20-12;/h3-4,6-7,12H,2,5,8-11,16H2,1H3;1H. The molecule has 2 N–H and O–H groups in total. The normalized spacial score (nSPS) is 16.0. The molecule has 0 radical (unpaired) electrons. The van der Waals surface area contributed by atoms with Crippen LogP contribution >= 0.6 is 12.4 Å². The van der Waals surface area contributed by atoms with E-state index in [0.29, 0.717) is 32.7 Å². The van der Waals surface area contributed by atoms with Crippen LogP contribution in [-0.4, -0.2) is 43.2 Å². The van der Waals surface area contributed by atoms with Crippen molar-refractivity contribution in [2.45, 2.75) is 25.9 Å².